The molecule has 2 rings (SSSR count). The van der Waals surface area contributed by atoms with E-state index in [1.807, 2.05) is 0 Å². The highest BCUT2D eigenvalue weighted by Gasteiger charge is 2.21. The molecule has 2 atom stereocenters. The van der Waals surface area contributed by atoms with Crippen molar-refractivity contribution in [2.24, 2.45) is 5.73 Å². The Hall–Kier alpha value is -0.900. The summed E-state index contributed by atoms with van der Waals surface area (Å²) in [6.07, 6.45) is 1.96. The van der Waals surface area contributed by atoms with E-state index in [9.17, 15) is 0 Å². The van der Waals surface area contributed by atoms with Crippen molar-refractivity contribution in [2.45, 2.75) is 31.9 Å². The van der Waals surface area contributed by atoms with Gasteiger partial charge in [-0.3, -0.25) is 0 Å². The molecule has 1 heterocycles. The molecule has 1 fully saturated rings. The number of aryl methyl sites for hydroxylation is 1. The lowest BCUT2D eigenvalue weighted by molar-refractivity contribution is -0.0967. The summed E-state index contributed by atoms with van der Waals surface area (Å²) in [5.41, 5.74) is 8.77. The minimum Gasteiger partial charge on any atom is -0.376 e. The summed E-state index contributed by atoms with van der Waals surface area (Å²) in [5.74, 6) is 0. The van der Waals surface area contributed by atoms with Crippen LogP contribution in [-0.2, 0) is 22.3 Å². The van der Waals surface area contributed by atoms with E-state index in [0.29, 0.717) is 19.8 Å². The summed E-state index contributed by atoms with van der Waals surface area (Å²) in [7, 11) is 0. The van der Waals surface area contributed by atoms with Crippen LogP contribution in [0.25, 0.3) is 0 Å². The van der Waals surface area contributed by atoms with Gasteiger partial charge in [-0.05, 0) is 24.0 Å². The van der Waals surface area contributed by atoms with Gasteiger partial charge in [-0.2, -0.15) is 0 Å². The fraction of sp³-hybridized carbons (Fsp3) is 0.571. The largest absolute Gasteiger partial charge is 0.376 e. The molecule has 0 radical (unpaired) electrons. The van der Waals surface area contributed by atoms with Crippen LogP contribution in [0.15, 0.2) is 24.3 Å². The fourth-order valence-electron chi connectivity index (χ4n) is 2.07. The van der Waals surface area contributed by atoms with Gasteiger partial charge < -0.3 is 15.2 Å². The first-order valence-corrected chi connectivity index (χ1v) is 6.32. The first-order chi connectivity index (χ1) is 8.29. The molecule has 1 aliphatic rings. The molecule has 1 saturated heterocycles. The van der Waals surface area contributed by atoms with E-state index >= 15 is 0 Å². The molecular weight excluding hydrogens is 214 g/mol. The van der Waals surface area contributed by atoms with Crippen molar-refractivity contribution in [3.8, 4) is 0 Å². The van der Waals surface area contributed by atoms with Crippen LogP contribution in [0.1, 0.15) is 18.1 Å². The molecule has 0 bridgehead atoms. The maximum atomic E-state index is 6.15. The van der Waals surface area contributed by atoms with E-state index in [2.05, 4.69) is 31.2 Å². The molecule has 3 heteroatoms. The van der Waals surface area contributed by atoms with E-state index in [4.69, 9.17) is 15.2 Å². The lowest BCUT2D eigenvalue weighted by Gasteiger charge is -2.28. The van der Waals surface area contributed by atoms with Gasteiger partial charge in [0, 0.05) is 6.04 Å². The van der Waals surface area contributed by atoms with Crippen LogP contribution < -0.4 is 5.73 Å². The Morgan fingerprint density at radius 1 is 1.24 bits per heavy atom. The average molecular weight is 235 g/mol. The second kappa shape index (κ2) is 6.15. The molecule has 2 N–H and O–H groups in total. The molecule has 0 saturated carbocycles. The summed E-state index contributed by atoms with van der Waals surface area (Å²) in [4.78, 5) is 0. The predicted molar refractivity (Wildman–Crippen MR) is 68.1 cm³/mol. The molecule has 0 amide bonds. The van der Waals surface area contributed by atoms with Crippen LogP contribution in [0.2, 0.25) is 0 Å². The Kier molecular flexibility index (Phi) is 4.54. The van der Waals surface area contributed by atoms with E-state index in [0.717, 1.165) is 12.8 Å². The third-order valence-electron chi connectivity index (χ3n) is 3.22. The van der Waals surface area contributed by atoms with Crippen molar-refractivity contribution >= 4 is 0 Å². The Morgan fingerprint density at radius 3 is 2.53 bits per heavy atom. The van der Waals surface area contributed by atoms with E-state index in [1.165, 1.54) is 11.1 Å². The first-order valence-electron chi connectivity index (χ1n) is 6.32. The molecule has 0 aromatic heterocycles. The maximum Gasteiger partial charge on any atom is 0.0963 e. The molecular formula is C14H21NO2. The van der Waals surface area contributed by atoms with Crippen molar-refractivity contribution in [2.75, 3.05) is 19.8 Å². The predicted octanol–water partition coefficient (Wildman–Crippen LogP) is 1.53. The first kappa shape index (κ1) is 12.6. The molecule has 17 heavy (non-hydrogen) atoms. The van der Waals surface area contributed by atoms with Crippen LogP contribution in [-0.4, -0.2) is 32.0 Å². The quantitative estimate of drug-likeness (QED) is 0.861. The molecule has 1 aromatic carbocycles. The normalized spacial score (nSPS) is 22.4. The van der Waals surface area contributed by atoms with Gasteiger partial charge in [0.2, 0.25) is 0 Å². The van der Waals surface area contributed by atoms with Crippen molar-refractivity contribution in [1.29, 1.82) is 0 Å². The molecule has 0 spiro atoms. The SMILES string of the molecule is CCc1ccc(CC(N)C2COCCO2)cc1. The van der Waals surface area contributed by atoms with Crippen molar-refractivity contribution in [3.63, 3.8) is 0 Å². The van der Waals surface area contributed by atoms with Crippen LogP contribution in [0.5, 0.6) is 0 Å². The lowest BCUT2D eigenvalue weighted by Crippen LogP contribution is -2.44. The van der Waals surface area contributed by atoms with Crippen LogP contribution >= 0.6 is 0 Å². The maximum absolute atomic E-state index is 6.15. The lowest BCUT2D eigenvalue weighted by atomic mass is 10.0. The van der Waals surface area contributed by atoms with Gasteiger partial charge in [0.05, 0.1) is 25.9 Å². The number of hydrogen-bond donors (Lipinski definition) is 1. The van der Waals surface area contributed by atoms with Gasteiger partial charge in [0.25, 0.3) is 0 Å². The Bertz CT molecular complexity index is 331. The second-order valence-corrected chi connectivity index (χ2v) is 4.52. The minimum absolute atomic E-state index is 0.0165. The van der Waals surface area contributed by atoms with Crippen LogP contribution in [0.4, 0.5) is 0 Å². The number of hydrogen-bond acceptors (Lipinski definition) is 3. The second-order valence-electron chi connectivity index (χ2n) is 4.52. The zero-order chi connectivity index (χ0) is 12.1. The Labute approximate surface area is 103 Å². The van der Waals surface area contributed by atoms with E-state index in [-0.39, 0.29) is 12.1 Å². The summed E-state index contributed by atoms with van der Waals surface area (Å²) < 4.78 is 11.0. The summed E-state index contributed by atoms with van der Waals surface area (Å²) in [5, 5.41) is 0. The molecule has 1 aromatic rings. The Balaban J connectivity index is 1.89. The van der Waals surface area contributed by atoms with Crippen molar-refractivity contribution in [1.82, 2.24) is 0 Å². The topological polar surface area (TPSA) is 44.5 Å². The van der Waals surface area contributed by atoms with Gasteiger partial charge in [-0.1, -0.05) is 31.2 Å². The average Bonchev–Trinajstić information content (AvgIpc) is 2.40. The third kappa shape index (κ3) is 3.53. The van der Waals surface area contributed by atoms with Gasteiger partial charge >= 0.3 is 0 Å². The highest BCUT2D eigenvalue weighted by molar-refractivity contribution is 5.23. The Morgan fingerprint density at radius 2 is 1.94 bits per heavy atom. The van der Waals surface area contributed by atoms with E-state index < -0.39 is 0 Å². The number of ether oxygens (including phenoxy) is 2. The smallest absolute Gasteiger partial charge is 0.0963 e. The molecule has 0 aliphatic carbocycles. The molecule has 3 nitrogen and oxygen atoms in total. The number of rotatable bonds is 4. The fourth-order valence-corrected chi connectivity index (χ4v) is 2.07. The summed E-state index contributed by atoms with van der Waals surface area (Å²) in [6.45, 7) is 4.13. The van der Waals surface area contributed by atoms with Gasteiger partial charge in [-0.25, -0.2) is 0 Å². The molecule has 2 unspecified atom stereocenters. The van der Waals surface area contributed by atoms with Crippen LogP contribution in [0, 0.1) is 0 Å². The molecule has 94 valence electrons. The summed E-state index contributed by atoms with van der Waals surface area (Å²) in [6, 6.07) is 8.66. The van der Waals surface area contributed by atoms with Gasteiger partial charge in [0.1, 0.15) is 0 Å². The minimum atomic E-state index is 0.0165. The van der Waals surface area contributed by atoms with Crippen LogP contribution in [0.3, 0.4) is 0 Å². The van der Waals surface area contributed by atoms with Gasteiger partial charge in [-0.15, -0.1) is 0 Å². The number of nitrogens with two attached hydrogens (primary N) is 1. The summed E-state index contributed by atoms with van der Waals surface area (Å²) >= 11 is 0. The highest BCUT2D eigenvalue weighted by atomic mass is 16.6. The monoisotopic (exact) mass is 235 g/mol. The zero-order valence-electron chi connectivity index (χ0n) is 10.4. The van der Waals surface area contributed by atoms with Gasteiger partial charge in [0.15, 0.2) is 0 Å². The zero-order valence-corrected chi connectivity index (χ0v) is 10.4. The molecule has 1 aliphatic heterocycles. The van der Waals surface area contributed by atoms with E-state index in [1.54, 1.807) is 0 Å². The van der Waals surface area contributed by atoms with Crippen molar-refractivity contribution in [3.05, 3.63) is 35.4 Å². The van der Waals surface area contributed by atoms with Crippen molar-refractivity contribution < 1.29 is 9.47 Å². The number of benzene rings is 1. The standard InChI is InChI=1S/C14H21NO2/c1-2-11-3-5-12(6-4-11)9-13(15)14-10-16-7-8-17-14/h3-6,13-14H,2,7-10,15H2,1H3. The highest BCUT2D eigenvalue weighted by Crippen LogP contribution is 2.11. The third-order valence-corrected chi connectivity index (χ3v) is 3.22.